The van der Waals surface area contributed by atoms with Gasteiger partial charge in [-0.2, -0.15) is 0 Å². The van der Waals surface area contributed by atoms with Crippen LogP contribution >= 0.6 is 11.6 Å². The minimum absolute atomic E-state index is 0.0210. The molecule has 1 amide bonds. The topological polar surface area (TPSA) is 69.2 Å². The van der Waals surface area contributed by atoms with E-state index >= 15 is 0 Å². The third-order valence-corrected chi connectivity index (χ3v) is 6.12. The van der Waals surface area contributed by atoms with Crippen molar-refractivity contribution in [3.8, 4) is 5.75 Å². The van der Waals surface area contributed by atoms with Crippen molar-refractivity contribution in [3.63, 3.8) is 0 Å². The van der Waals surface area contributed by atoms with Gasteiger partial charge in [0.25, 0.3) is 5.91 Å². The van der Waals surface area contributed by atoms with Crippen molar-refractivity contribution >= 4 is 23.2 Å². The first-order valence-corrected chi connectivity index (χ1v) is 11.6. The molecule has 0 radical (unpaired) electrons. The summed E-state index contributed by atoms with van der Waals surface area (Å²) in [6.07, 6.45) is 4.84. The predicted octanol–water partition coefficient (Wildman–Crippen LogP) is 4.52. The van der Waals surface area contributed by atoms with Crippen LogP contribution in [0.1, 0.15) is 42.4 Å². The molecule has 4 rings (SSSR count). The normalized spacial score (nSPS) is 17.6. The Labute approximate surface area is 193 Å². The number of hydrogen-bond donors (Lipinski definition) is 1. The van der Waals surface area contributed by atoms with E-state index in [0.29, 0.717) is 29.8 Å². The second-order valence-electron chi connectivity index (χ2n) is 8.26. The maximum Gasteiger partial charge on any atom is 0.257 e. The van der Waals surface area contributed by atoms with Crippen molar-refractivity contribution in [1.82, 2.24) is 5.32 Å². The third-order valence-electron chi connectivity index (χ3n) is 5.87. The quantitative estimate of drug-likeness (QED) is 0.593. The van der Waals surface area contributed by atoms with Gasteiger partial charge in [-0.15, -0.1) is 0 Å². The number of benzene rings is 2. The molecule has 0 bridgehead atoms. The monoisotopic (exact) mass is 456 g/mol. The molecule has 1 aliphatic carbocycles. The van der Waals surface area contributed by atoms with E-state index in [-0.39, 0.29) is 12.5 Å². The van der Waals surface area contributed by atoms with Gasteiger partial charge in [0.2, 0.25) is 0 Å². The van der Waals surface area contributed by atoms with Crippen LogP contribution in [0.5, 0.6) is 5.75 Å². The molecule has 7 heteroatoms. The van der Waals surface area contributed by atoms with E-state index in [1.54, 1.807) is 0 Å². The first-order valence-electron chi connectivity index (χ1n) is 11.2. The first-order chi connectivity index (χ1) is 15.7. The van der Waals surface area contributed by atoms with Crippen LogP contribution < -0.4 is 10.1 Å². The van der Waals surface area contributed by atoms with Gasteiger partial charge in [-0.3, -0.25) is 4.79 Å². The Bertz CT molecular complexity index is 939. The minimum atomic E-state index is -0.0907. The number of oxime groups is 1. The van der Waals surface area contributed by atoms with Crippen molar-refractivity contribution in [2.75, 3.05) is 26.4 Å². The summed E-state index contributed by atoms with van der Waals surface area (Å²) in [7, 11) is 0. The Hall–Kier alpha value is -2.57. The molecule has 32 heavy (non-hydrogen) atoms. The molecule has 170 valence electrons. The summed E-state index contributed by atoms with van der Waals surface area (Å²) in [6, 6.07) is 13.5. The SMILES string of the molecule is O=C(COc1ccc2c(c1)CCC/C2=N/OCc1ccc(Cl)cc1)NCC1CCOCC1. The highest BCUT2D eigenvalue weighted by molar-refractivity contribution is 6.30. The van der Waals surface area contributed by atoms with Crippen LogP contribution in [0.3, 0.4) is 0 Å². The number of nitrogens with zero attached hydrogens (tertiary/aromatic N) is 1. The standard InChI is InChI=1S/C25H29ClN2O4/c26-21-6-4-19(5-7-21)16-32-28-24-3-1-2-20-14-22(8-9-23(20)24)31-17-25(29)27-15-18-10-12-30-13-11-18/h4-9,14,18H,1-3,10-13,15-17H2,(H,27,29)/b28-24-. The number of aryl methyl sites for hydroxylation is 1. The van der Waals surface area contributed by atoms with E-state index < -0.39 is 0 Å². The van der Waals surface area contributed by atoms with Crippen molar-refractivity contribution in [2.24, 2.45) is 11.1 Å². The fourth-order valence-corrected chi connectivity index (χ4v) is 4.12. The van der Waals surface area contributed by atoms with E-state index in [2.05, 4.69) is 10.5 Å². The highest BCUT2D eigenvalue weighted by atomic mass is 35.5. The van der Waals surface area contributed by atoms with E-state index in [0.717, 1.165) is 62.2 Å². The zero-order valence-corrected chi connectivity index (χ0v) is 18.9. The van der Waals surface area contributed by atoms with Gasteiger partial charge >= 0.3 is 0 Å². The molecule has 1 saturated heterocycles. The average Bonchev–Trinajstić information content (AvgIpc) is 2.83. The van der Waals surface area contributed by atoms with Crippen molar-refractivity contribution in [2.45, 2.75) is 38.7 Å². The number of carbonyl (C=O) groups excluding carboxylic acids is 1. The van der Waals surface area contributed by atoms with Crippen LogP contribution in [0.25, 0.3) is 0 Å². The summed E-state index contributed by atoms with van der Waals surface area (Å²) in [5, 5.41) is 8.06. The Morgan fingerprint density at radius 2 is 1.94 bits per heavy atom. The Balaban J connectivity index is 1.28. The molecule has 0 spiro atoms. The summed E-state index contributed by atoms with van der Waals surface area (Å²) in [5.74, 6) is 1.11. The number of hydrogen-bond acceptors (Lipinski definition) is 5. The van der Waals surface area contributed by atoms with Gasteiger partial charge in [-0.25, -0.2) is 0 Å². The van der Waals surface area contributed by atoms with E-state index in [4.69, 9.17) is 25.9 Å². The van der Waals surface area contributed by atoms with Crippen LogP contribution in [0.15, 0.2) is 47.6 Å². The highest BCUT2D eigenvalue weighted by Crippen LogP contribution is 2.26. The van der Waals surface area contributed by atoms with Gasteiger partial charge in [0.1, 0.15) is 12.4 Å². The van der Waals surface area contributed by atoms with Crippen LogP contribution in [0.2, 0.25) is 5.02 Å². The van der Waals surface area contributed by atoms with Crippen LogP contribution in [0, 0.1) is 5.92 Å². The zero-order valence-electron chi connectivity index (χ0n) is 18.1. The summed E-state index contributed by atoms with van der Waals surface area (Å²) in [5.41, 5.74) is 4.23. The molecule has 6 nitrogen and oxygen atoms in total. The number of ether oxygens (including phenoxy) is 2. The molecule has 1 N–H and O–H groups in total. The van der Waals surface area contributed by atoms with Gasteiger partial charge < -0.3 is 19.6 Å². The molecular formula is C25H29ClN2O4. The third kappa shape index (κ3) is 6.47. The average molecular weight is 457 g/mol. The van der Waals surface area contributed by atoms with Crippen molar-refractivity contribution in [1.29, 1.82) is 0 Å². The number of halogens is 1. The molecule has 0 aromatic heterocycles. The molecule has 0 unspecified atom stereocenters. The zero-order chi connectivity index (χ0) is 22.2. The first kappa shape index (κ1) is 22.6. The second kappa shape index (κ2) is 11.3. The number of amides is 1. The molecular weight excluding hydrogens is 428 g/mol. The molecule has 0 saturated carbocycles. The van der Waals surface area contributed by atoms with Crippen molar-refractivity contribution < 1.29 is 19.1 Å². The lowest BCUT2D eigenvalue weighted by Crippen LogP contribution is -2.35. The number of carbonyl (C=O) groups is 1. The summed E-state index contributed by atoms with van der Waals surface area (Å²) >= 11 is 5.92. The van der Waals surface area contributed by atoms with Gasteiger partial charge in [-0.05, 0) is 79.5 Å². The molecule has 2 aromatic carbocycles. The molecule has 0 atom stereocenters. The van der Waals surface area contributed by atoms with Crippen LogP contribution in [-0.2, 0) is 27.4 Å². The van der Waals surface area contributed by atoms with Gasteiger partial charge in [0.05, 0.1) is 5.71 Å². The van der Waals surface area contributed by atoms with E-state index in [9.17, 15) is 4.79 Å². The lowest BCUT2D eigenvalue weighted by atomic mass is 9.90. The second-order valence-corrected chi connectivity index (χ2v) is 8.70. The Morgan fingerprint density at radius 3 is 2.75 bits per heavy atom. The molecule has 1 aliphatic heterocycles. The maximum atomic E-state index is 12.1. The predicted molar refractivity (Wildman–Crippen MR) is 124 cm³/mol. The summed E-state index contributed by atoms with van der Waals surface area (Å²) in [4.78, 5) is 17.7. The molecule has 1 fully saturated rings. The molecule has 1 heterocycles. The minimum Gasteiger partial charge on any atom is -0.484 e. The van der Waals surface area contributed by atoms with Crippen molar-refractivity contribution in [3.05, 3.63) is 64.2 Å². The number of fused-ring (bicyclic) bond motifs is 1. The van der Waals surface area contributed by atoms with Crippen LogP contribution in [-0.4, -0.2) is 38.0 Å². The lowest BCUT2D eigenvalue weighted by Gasteiger charge is -2.22. The number of rotatable bonds is 8. The fraction of sp³-hybridized carbons (Fsp3) is 0.440. The molecule has 2 aliphatic rings. The van der Waals surface area contributed by atoms with Crippen LogP contribution in [0.4, 0.5) is 0 Å². The number of nitrogens with one attached hydrogen (secondary N) is 1. The largest absolute Gasteiger partial charge is 0.484 e. The summed E-state index contributed by atoms with van der Waals surface area (Å²) < 4.78 is 11.1. The van der Waals surface area contributed by atoms with Gasteiger partial charge in [-0.1, -0.05) is 28.9 Å². The molecule has 2 aromatic rings. The fourth-order valence-electron chi connectivity index (χ4n) is 4.00. The summed E-state index contributed by atoms with van der Waals surface area (Å²) in [6.45, 7) is 2.67. The Morgan fingerprint density at radius 1 is 1.12 bits per heavy atom. The maximum absolute atomic E-state index is 12.1. The smallest absolute Gasteiger partial charge is 0.257 e. The van der Waals surface area contributed by atoms with E-state index in [1.165, 1.54) is 5.56 Å². The van der Waals surface area contributed by atoms with Gasteiger partial charge in [0.15, 0.2) is 6.61 Å². The lowest BCUT2D eigenvalue weighted by molar-refractivity contribution is -0.123. The highest BCUT2D eigenvalue weighted by Gasteiger charge is 2.18. The van der Waals surface area contributed by atoms with E-state index in [1.807, 2.05) is 42.5 Å². The van der Waals surface area contributed by atoms with Gasteiger partial charge in [0, 0.05) is 30.3 Å². The Kier molecular flexibility index (Phi) is 8.02.